The fraction of sp³-hybridized carbons (Fsp3) is 0.174. The molecule has 160 valence electrons. The summed E-state index contributed by atoms with van der Waals surface area (Å²) in [7, 11) is 1.45. The Morgan fingerprint density at radius 2 is 2.06 bits per heavy atom. The van der Waals surface area contributed by atoms with Crippen molar-refractivity contribution in [2.24, 2.45) is 4.99 Å². The van der Waals surface area contributed by atoms with Crippen LogP contribution in [0.4, 0.5) is 0 Å². The van der Waals surface area contributed by atoms with E-state index in [4.69, 9.17) is 4.74 Å². The summed E-state index contributed by atoms with van der Waals surface area (Å²) in [6.45, 7) is 4.42. The third-order valence-corrected chi connectivity index (χ3v) is 5.37. The number of phenols is 1. The van der Waals surface area contributed by atoms with Gasteiger partial charge in [0, 0.05) is 13.1 Å². The molecule has 2 aromatic rings. The molecule has 1 aliphatic rings. The minimum Gasteiger partial charge on any atom is -0.504 e. The van der Waals surface area contributed by atoms with Crippen LogP contribution in [-0.4, -0.2) is 46.4 Å². The number of carbonyl (C=O) groups is 2. The Morgan fingerprint density at radius 1 is 1.29 bits per heavy atom. The number of methoxy groups -OCH3 is 1. The van der Waals surface area contributed by atoms with Gasteiger partial charge >= 0.3 is 0 Å². The topological polar surface area (TPSA) is 91.2 Å². The van der Waals surface area contributed by atoms with E-state index in [-0.39, 0.29) is 35.6 Å². The summed E-state index contributed by atoms with van der Waals surface area (Å²) < 4.78 is 5.11. The van der Waals surface area contributed by atoms with E-state index in [1.54, 1.807) is 24.3 Å². The normalized spacial score (nSPS) is 14.5. The van der Waals surface area contributed by atoms with Crippen LogP contribution < -0.4 is 10.1 Å². The number of benzene rings is 2. The number of rotatable bonds is 8. The summed E-state index contributed by atoms with van der Waals surface area (Å²) in [6.07, 6.45) is 3.22. The average molecular weight is 438 g/mol. The lowest BCUT2D eigenvalue weighted by molar-refractivity contribution is -0.122. The predicted octanol–water partition coefficient (Wildman–Crippen LogP) is 3.18. The monoisotopic (exact) mass is 437 g/mol. The highest BCUT2D eigenvalue weighted by Gasteiger charge is 2.30. The van der Waals surface area contributed by atoms with E-state index in [2.05, 4.69) is 16.9 Å². The molecular weight excluding hydrogens is 414 g/mol. The van der Waals surface area contributed by atoms with Gasteiger partial charge in [-0.2, -0.15) is 0 Å². The van der Waals surface area contributed by atoms with Gasteiger partial charge in [-0.15, -0.1) is 6.58 Å². The number of hydrogen-bond donors (Lipinski definition) is 2. The largest absolute Gasteiger partial charge is 0.504 e. The third-order valence-electron chi connectivity index (χ3n) is 4.39. The molecule has 31 heavy (non-hydrogen) atoms. The van der Waals surface area contributed by atoms with E-state index in [1.807, 2.05) is 30.3 Å². The van der Waals surface area contributed by atoms with Crippen LogP contribution in [0.15, 0.2) is 71.9 Å². The van der Waals surface area contributed by atoms with Crippen LogP contribution in [-0.2, 0) is 16.1 Å². The summed E-state index contributed by atoms with van der Waals surface area (Å²) in [4.78, 5) is 30.9. The number of nitrogens with zero attached hydrogens (tertiary/aromatic N) is 2. The van der Waals surface area contributed by atoms with E-state index in [9.17, 15) is 14.7 Å². The van der Waals surface area contributed by atoms with Gasteiger partial charge in [0.1, 0.15) is 5.70 Å². The van der Waals surface area contributed by atoms with E-state index >= 15 is 0 Å². The molecule has 7 nitrogen and oxygen atoms in total. The smallest absolute Gasteiger partial charge is 0.278 e. The van der Waals surface area contributed by atoms with Gasteiger partial charge in [-0.05, 0) is 29.3 Å². The molecule has 3 rings (SSSR count). The Kier molecular flexibility index (Phi) is 7.50. The van der Waals surface area contributed by atoms with Crippen molar-refractivity contribution in [1.29, 1.82) is 0 Å². The molecule has 1 heterocycles. The zero-order chi connectivity index (χ0) is 22.2. The molecule has 0 aliphatic carbocycles. The van der Waals surface area contributed by atoms with E-state index in [0.717, 1.165) is 5.56 Å². The summed E-state index contributed by atoms with van der Waals surface area (Å²) in [5.41, 5.74) is 1.91. The molecule has 0 atom stereocenters. The highest BCUT2D eigenvalue weighted by molar-refractivity contribution is 8.14. The average Bonchev–Trinajstić information content (AvgIpc) is 3.07. The van der Waals surface area contributed by atoms with Crippen LogP contribution in [0, 0.1) is 0 Å². The number of hydrogen-bond acceptors (Lipinski definition) is 6. The fourth-order valence-corrected chi connectivity index (χ4v) is 3.69. The van der Waals surface area contributed by atoms with Gasteiger partial charge in [-0.3, -0.25) is 14.5 Å². The number of ether oxygens (including phenoxy) is 1. The van der Waals surface area contributed by atoms with Crippen LogP contribution in [0.3, 0.4) is 0 Å². The van der Waals surface area contributed by atoms with Crippen molar-refractivity contribution in [2.45, 2.75) is 6.54 Å². The molecule has 0 saturated carbocycles. The standard InChI is InChI=1S/C23H23N3O4S/c1-3-11-26-22(29)18(12-17-9-10-19(27)20(13-17)30-2)25-23(26)31-15-21(28)24-14-16-7-5-4-6-8-16/h3-10,12-13,27H,1,11,14-15H2,2H3,(H,24,28)/b18-12-. The molecule has 0 spiro atoms. The SMILES string of the molecule is C=CCN1C(=O)/C(=C/c2ccc(O)c(OC)c2)N=C1SCC(=O)NCc1ccccc1. The van der Waals surface area contributed by atoms with Gasteiger partial charge in [0.15, 0.2) is 16.7 Å². The molecule has 2 N–H and O–H groups in total. The molecule has 2 amide bonds. The zero-order valence-electron chi connectivity index (χ0n) is 17.1. The van der Waals surface area contributed by atoms with Crippen molar-refractivity contribution in [2.75, 3.05) is 19.4 Å². The zero-order valence-corrected chi connectivity index (χ0v) is 17.9. The minimum atomic E-state index is -0.279. The summed E-state index contributed by atoms with van der Waals surface area (Å²) in [5, 5.41) is 13.0. The Labute approximate surface area is 185 Å². The van der Waals surface area contributed by atoms with Crippen molar-refractivity contribution in [3.8, 4) is 11.5 Å². The minimum absolute atomic E-state index is 0.0111. The second-order valence-corrected chi connectivity index (χ2v) is 7.55. The predicted molar refractivity (Wildman–Crippen MR) is 123 cm³/mol. The first-order chi connectivity index (χ1) is 15.0. The maximum absolute atomic E-state index is 12.8. The quantitative estimate of drug-likeness (QED) is 0.489. The van der Waals surface area contributed by atoms with Gasteiger partial charge in [0.25, 0.3) is 5.91 Å². The van der Waals surface area contributed by atoms with Gasteiger partial charge < -0.3 is 15.2 Å². The van der Waals surface area contributed by atoms with Gasteiger partial charge in [0.05, 0.1) is 12.9 Å². The van der Waals surface area contributed by atoms with Crippen molar-refractivity contribution in [3.05, 3.63) is 78.0 Å². The van der Waals surface area contributed by atoms with Crippen LogP contribution in [0.5, 0.6) is 11.5 Å². The van der Waals surface area contributed by atoms with Crippen LogP contribution in [0.2, 0.25) is 0 Å². The first kappa shape index (κ1) is 22.2. The Morgan fingerprint density at radius 3 is 2.77 bits per heavy atom. The molecule has 0 fully saturated rings. The van der Waals surface area contributed by atoms with Crippen molar-refractivity contribution in [3.63, 3.8) is 0 Å². The van der Waals surface area contributed by atoms with E-state index in [1.165, 1.54) is 29.8 Å². The van der Waals surface area contributed by atoms with Gasteiger partial charge in [-0.1, -0.05) is 54.2 Å². The molecule has 1 aliphatic heterocycles. The number of carbonyl (C=O) groups excluding carboxylic acids is 2. The maximum atomic E-state index is 12.8. The number of amides is 2. The lowest BCUT2D eigenvalue weighted by Crippen LogP contribution is -2.32. The highest BCUT2D eigenvalue weighted by atomic mass is 32.2. The lowest BCUT2D eigenvalue weighted by Gasteiger charge is -2.15. The molecule has 0 aromatic heterocycles. The maximum Gasteiger partial charge on any atom is 0.278 e. The molecule has 8 heteroatoms. The summed E-state index contributed by atoms with van der Waals surface area (Å²) in [5.74, 6) is 0.0168. The second kappa shape index (κ2) is 10.5. The number of thioether (sulfide) groups is 1. The number of nitrogens with one attached hydrogen (secondary N) is 1. The Hall–Kier alpha value is -3.52. The fourth-order valence-electron chi connectivity index (χ4n) is 2.85. The van der Waals surface area contributed by atoms with Crippen molar-refractivity contribution in [1.82, 2.24) is 10.2 Å². The van der Waals surface area contributed by atoms with Gasteiger partial charge in [0.2, 0.25) is 5.91 Å². The second-order valence-electron chi connectivity index (χ2n) is 6.61. The first-order valence-corrected chi connectivity index (χ1v) is 10.5. The third kappa shape index (κ3) is 5.76. The molecular formula is C23H23N3O4S. The van der Waals surface area contributed by atoms with Crippen LogP contribution in [0.25, 0.3) is 6.08 Å². The van der Waals surface area contributed by atoms with E-state index in [0.29, 0.717) is 23.0 Å². The number of phenolic OH excluding ortho intramolecular Hbond substituents is 1. The Bertz CT molecular complexity index is 1030. The summed E-state index contributed by atoms with van der Waals surface area (Å²) >= 11 is 1.19. The summed E-state index contributed by atoms with van der Waals surface area (Å²) in [6, 6.07) is 14.4. The lowest BCUT2D eigenvalue weighted by atomic mass is 10.1. The molecule has 0 radical (unpaired) electrons. The first-order valence-electron chi connectivity index (χ1n) is 9.55. The molecule has 0 unspecified atom stereocenters. The van der Waals surface area contributed by atoms with Crippen molar-refractivity contribution >= 4 is 34.8 Å². The van der Waals surface area contributed by atoms with Crippen molar-refractivity contribution < 1.29 is 19.4 Å². The van der Waals surface area contributed by atoms with Crippen LogP contribution >= 0.6 is 11.8 Å². The van der Waals surface area contributed by atoms with Gasteiger partial charge in [-0.25, -0.2) is 4.99 Å². The van der Waals surface area contributed by atoms with E-state index < -0.39 is 0 Å². The number of amidine groups is 1. The Balaban J connectivity index is 1.69. The molecule has 2 aromatic carbocycles. The highest BCUT2D eigenvalue weighted by Crippen LogP contribution is 2.29. The van der Waals surface area contributed by atoms with Crippen LogP contribution in [0.1, 0.15) is 11.1 Å². The molecule has 0 saturated heterocycles. The number of aliphatic imine (C=N–C) groups is 1. The number of aromatic hydroxyl groups is 1. The molecule has 0 bridgehead atoms.